The van der Waals surface area contributed by atoms with Crippen LogP contribution in [0.3, 0.4) is 0 Å². The summed E-state index contributed by atoms with van der Waals surface area (Å²) in [6, 6.07) is 9.63. The highest BCUT2D eigenvalue weighted by Crippen LogP contribution is 2.25. The first kappa shape index (κ1) is 14.5. The van der Waals surface area contributed by atoms with Crippen molar-refractivity contribution in [2.45, 2.75) is 45.2 Å². The first-order valence-corrected chi connectivity index (χ1v) is 7.58. The van der Waals surface area contributed by atoms with Crippen molar-refractivity contribution in [1.82, 2.24) is 10.2 Å². The van der Waals surface area contributed by atoms with Gasteiger partial charge in [-0.3, -0.25) is 0 Å². The SMILES string of the molecule is CNC1CCC(CN(C)Cc2cccc(C)c2)CC1. The van der Waals surface area contributed by atoms with E-state index in [0.29, 0.717) is 0 Å². The van der Waals surface area contributed by atoms with E-state index in [1.807, 2.05) is 0 Å². The summed E-state index contributed by atoms with van der Waals surface area (Å²) >= 11 is 0. The molecule has 0 bridgehead atoms. The molecule has 0 spiro atoms. The molecule has 1 N–H and O–H groups in total. The van der Waals surface area contributed by atoms with E-state index in [1.54, 1.807) is 0 Å². The van der Waals surface area contributed by atoms with Gasteiger partial charge in [0.1, 0.15) is 0 Å². The third-order valence-electron chi connectivity index (χ3n) is 4.36. The molecule has 1 aromatic rings. The lowest BCUT2D eigenvalue weighted by Gasteiger charge is -2.31. The Balaban J connectivity index is 1.77. The van der Waals surface area contributed by atoms with Crippen molar-refractivity contribution in [3.8, 4) is 0 Å². The van der Waals surface area contributed by atoms with E-state index < -0.39 is 0 Å². The van der Waals surface area contributed by atoms with Gasteiger partial charge >= 0.3 is 0 Å². The Kier molecular flexibility index (Phi) is 5.41. The average Bonchev–Trinajstić information content (AvgIpc) is 2.39. The molecule has 2 heteroatoms. The highest BCUT2D eigenvalue weighted by Gasteiger charge is 2.20. The van der Waals surface area contributed by atoms with Gasteiger partial charge in [-0.1, -0.05) is 29.8 Å². The molecule has 0 atom stereocenters. The third-order valence-corrected chi connectivity index (χ3v) is 4.36. The minimum absolute atomic E-state index is 0.762. The summed E-state index contributed by atoms with van der Waals surface area (Å²) in [6.45, 7) is 4.49. The Morgan fingerprint density at radius 3 is 2.58 bits per heavy atom. The smallest absolute Gasteiger partial charge is 0.0230 e. The van der Waals surface area contributed by atoms with Gasteiger partial charge in [-0.2, -0.15) is 0 Å². The van der Waals surface area contributed by atoms with Crippen LogP contribution in [-0.4, -0.2) is 31.6 Å². The molecule has 0 amide bonds. The van der Waals surface area contributed by atoms with Gasteiger partial charge in [-0.05, 0) is 58.2 Å². The molecule has 1 aliphatic carbocycles. The summed E-state index contributed by atoms with van der Waals surface area (Å²) in [7, 11) is 4.35. The van der Waals surface area contributed by atoms with Gasteiger partial charge in [-0.15, -0.1) is 0 Å². The predicted molar refractivity (Wildman–Crippen MR) is 82.3 cm³/mol. The summed E-state index contributed by atoms with van der Waals surface area (Å²) in [5.41, 5.74) is 2.80. The number of benzene rings is 1. The maximum Gasteiger partial charge on any atom is 0.0230 e. The molecule has 1 aliphatic rings. The molecule has 1 fully saturated rings. The fourth-order valence-electron chi connectivity index (χ4n) is 3.26. The summed E-state index contributed by atoms with van der Waals surface area (Å²) in [5, 5.41) is 3.41. The van der Waals surface area contributed by atoms with E-state index in [4.69, 9.17) is 0 Å². The summed E-state index contributed by atoms with van der Waals surface area (Å²) < 4.78 is 0. The minimum Gasteiger partial charge on any atom is -0.317 e. The van der Waals surface area contributed by atoms with Crippen LogP contribution in [0.5, 0.6) is 0 Å². The van der Waals surface area contributed by atoms with Crippen molar-refractivity contribution in [1.29, 1.82) is 0 Å². The van der Waals surface area contributed by atoms with Crippen LogP contribution >= 0.6 is 0 Å². The second-order valence-electron chi connectivity index (χ2n) is 6.19. The van der Waals surface area contributed by atoms with Crippen molar-refractivity contribution in [3.63, 3.8) is 0 Å². The fraction of sp³-hybridized carbons (Fsp3) is 0.647. The van der Waals surface area contributed by atoms with Gasteiger partial charge in [0.05, 0.1) is 0 Å². The topological polar surface area (TPSA) is 15.3 Å². The summed E-state index contributed by atoms with van der Waals surface area (Å²) in [5.74, 6) is 0.888. The average molecular weight is 260 g/mol. The van der Waals surface area contributed by atoms with E-state index in [2.05, 4.69) is 55.5 Å². The zero-order chi connectivity index (χ0) is 13.7. The molecule has 106 valence electrons. The molecule has 0 aliphatic heterocycles. The van der Waals surface area contributed by atoms with Crippen molar-refractivity contribution < 1.29 is 0 Å². The van der Waals surface area contributed by atoms with E-state index in [-0.39, 0.29) is 0 Å². The van der Waals surface area contributed by atoms with Crippen molar-refractivity contribution in [3.05, 3.63) is 35.4 Å². The number of hydrogen-bond acceptors (Lipinski definition) is 2. The van der Waals surface area contributed by atoms with Crippen molar-refractivity contribution in [2.75, 3.05) is 20.6 Å². The molecule has 0 aromatic heterocycles. The van der Waals surface area contributed by atoms with Crippen LogP contribution in [-0.2, 0) is 6.54 Å². The van der Waals surface area contributed by atoms with Crippen molar-refractivity contribution in [2.24, 2.45) is 5.92 Å². The molecule has 0 saturated heterocycles. The lowest BCUT2D eigenvalue weighted by molar-refractivity contribution is 0.211. The van der Waals surface area contributed by atoms with Crippen LogP contribution in [0.1, 0.15) is 36.8 Å². The van der Waals surface area contributed by atoms with Crippen LogP contribution in [0, 0.1) is 12.8 Å². The van der Waals surface area contributed by atoms with E-state index in [1.165, 1.54) is 43.4 Å². The lowest BCUT2D eigenvalue weighted by atomic mass is 9.86. The standard InChI is InChI=1S/C17H28N2/c1-14-5-4-6-16(11-14)13-19(3)12-15-7-9-17(18-2)10-8-15/h4-6,11,15,17-18H,7-10,12-13H2,1-3H3. The second kappa shape index (κ2) is 7.06. The Labute approximate surface area is 118 Å². The van der Waals surface area contributed by atoms with Gasteiger partial charge in [-0.25, -0.2) is 0 Å². The van der Waals surface area contributed by atoms with Gasteiger partial charge in [0, 0.05) is 19.1 Å². The number of rotatable bonds is 5. The number of nitrogens with one attached hydrogen (secondary N) is 1. The lowest BCUT2D eigenvalue weighted by Crippen LogP contribution is -2.34. The molecule has 1 aromatic carbocycles. The summed E-state index contributed by atoms with van der Waals surface area (Å²) in [6.07, 6.45) is 5.45. The Hall–Kier alpha value is -0.860. The number of hydrogen-bond donors (Lipinski definition) is 1. The predicted octanol–water partition coefficient (Wildman–Crippen LogP) is 3.21. The van der Waals surface area contributed by atoms with Gasteiger partial charge in [0.25, 0.3) is 0 Å². The Morgan fingerprint density at radius 1 is 1.21 bits per heavy atom. The molecule has 2 rings (SSSR count). The van der Waals surface area contributed by atoms with Crippen LogP contribution < -0.4 is 5.32 Å². The van der Waals surface area contributed by atoms with E-state index in [0.717, 1.165) is 18.5 Å². The molecular formula is C17H28N2. The van der Waals surface area contributed by atoms with Crippen LogP contribution in [0.15, 0.2) is 24.3 Å². The molecule has 1 saturated carbocycles. The largest absolute Gasteiger partial charge is 0.317 e. The molecule has 19 heavy (non-hydrogen) atoms. The maximum atomic E-state index is 3.41. The van der Waals surface area contributed by atoms with Crippen LogP contribution in [0.25, 0.3) is 0 Å². The van der Waals surface area contributed by atoms with Crippen LogP contribution in [0.2, 0.25) is 0 Å². The quantitative estimate of drug-likeness (QED) is 0.874. The monoisotopic (exact) mass is 260 g/mol. The number of nitrogens with zero attached hydrogens (tertiary/aromatic N) is 1. The maximum absolute atomic E-state index is 3.41. The Morgan fingerprint density at radius 2 is 1.95 bits per heavy atom. The van der Waals surface area contributed by atoms with E-state index in [9.17, 15) is 0 Å². The first-order valence-electron chi connectivity index (χ1n) is 7.58. The molecular weight excluding hydrogens is 232 g/mol. The second-order valence-corrected chi connectivity index (χ2v) is 6.19. The van der Waals surface area contributed by atoms with Gasteiger partial charge in [0.2, 0.25) is 0 Å². The molecule has 0 heterocycles. The van der Waals surface area contributed by atoms with Crippen molar-refractivity contribution >= 4 is 0 Å². The summed E-state index contributed by atoms with van der Waals surface area (Å²) in [4.78, 5) is 2.49. The third kappa shape index (κ3) is 4.63. The molecule has 0 unspecified atom stereocenters. The van der Waals surface area contributed by atoms with E-state index >= 15 is 0 Å². The van der Waals surface area contributed by atoms with Gasteiger partial charge in [0.15, 0.2) is 0 Å². The normalized spacial score (nSPS) is 23.8. The first-order chi connectivity index (χ1) is 9.17. The molecule has 2 nitrogen and oxygen atoms in total. The van der Waals surface area contributed by atoms with Gasteiger partial charge < -0.3 is 10.2 Å². The van der Waals surface area contributed by atoms with Crippen LogP contribution in [0.4, 0.5) is 0 Å². The molecule has 0 radical (unpaired) electrons. The number of aryl methyl sites for hydroxylation is 1. The highest BCUT2D eigenvalue weighted by atomic mass is 15.1. The Bertz CT molecular complexity index is 381. The zero-order valence-corrected chi connectivity index (χ0v) is 12.7. The highest BCUT2D eigenvalue weighted by molar-refractivity contribution is 5.21. The minimum atomic E-state index is 0.762. The zero-order valence-electron chi connectivity index (χ0n) is 12.7. The fourth-order valence-corrected chi connectivity index (χ4v) is 3.26.